The summed E-state index contributed by atoms with van der Waals surface area (Å²) in [6, 6.07) is -0.362. The third kappa shape index (κ3) is 6.26. The SMILES string of the molecule is CCOC(=O)C(C)NCCC(=O)N(CC)CC. The van der Waals surface area contributed by atoms with Crippen LogP contribution in [-0.2, 0) is 14.3 Å². The summed E-state index contributed by atoms with van der Waals surface area (Å²) in [5, 5.41) is 2.98. The molecule has 0 saturated heterocycles. The zero-order valence-electron chi connectivity index (χ0n) is 11.3. The van der Waals surface area contributed by atoms with Gasteiger partial charge in [0.05, 0.1) is 6.61 Å². The minimum Gasteiger partial charge on any atom is -0.465 e. The lowest BCUT2D eigenvalue weighted by molar-refractivity contribution is -0.145. The average Bonchev–Trinajstić information content (AvgIpc) is 2.30. The second kappa shape index (κ2) is 8.98. The number of nitrogens with zero attached hydrogens (tertiary/aromatic N) is 1. The highest BCUT2D eigenvalue weighted by molar-refractivity contribution is 5.77. The maximum absolute atomic E-state index is 11.7. The first-order valence-corrected chi connectivity index (χ1v) is 6.24. The molecule has 5 heteroatoms. The molecule has 0 aromatic heterocycles. The largest absolute Gasteiger partial charge is 0.465 e. The standard InChI is InChI=1S/C12H24N2O3/c1-5-14(6-2)11(15)8-9-13-10(4)12(16)17-7-3/h10,13H,5-9H2,1-4H3. The van der Waals surface area contributed by atoms with Gasteiger partial charge in [0.25, 0.3) is 0 Å². The number of hydrogen-bond acceptors (Lipinski definition) is 4. The van der Waals surface area contributed by atoms with Crippen LogP contribution in [0.3, 0.4) is 0 Å². The molecule has 5 nitrogen and oxygen atoms in total. The molecule has 1 unspecified atom stereocenters. The molecule has 0 aromatic rings. The van der Waals surface area contributed by atoms with E-state index in [4.69, 9.17) is 4.74 Å². The van der Waals surface area contributed by atoms with Gasteiger partial charge < -0.3 is 15.0 Å². The molecule has 100 valence electrons. The van der Waals surface area contributed by atoms with Crippen LogP contribution in [0.4, 0.5) is 0 Å². The van der Waals surface area contributed by atoms with Gasteiger partial charge in [-0.2, -0.15) is 0 Å². The highest BCUT2D eigenvalue weighted by atomic mass is 16.5. The maximum Gasteiger partial charge on any atom is 0.322 e. The zero-order valence-corrected chi connectivity index (χ0v) is 11.3. The van der Waals surface area contributed by atoms with Crippen LogP contribution >= 0.6 is 0 Å². The Kier molecular flexibility index (Phi) is 8.40. The summed E-state index contributed by atoms with van der Waals surface area (Å²) < 4.78 is 4.85. The second-order valence-corrected chi connectivity index (χ2v) is 3.74. The first-order valence-electron chi connectivity index (χ1n) is 6.24. The van der Waals surface area contributed by atoms with E-state index in [-0.39, 0.29) is 17.9 Å². The zero-order chi connectivity index (χ0) is 13.3. The van der Waals surface area contributed by atoms with Gasteiger partial charge in [0.1, 0.15) is 6.04 Å². The van der Waals surface area contributed by atoms with Crippen molar-refractivity contribution < 1.29 is 14.3 Å². The Morgan fingerprint density at radius 3 is 2.29 bits per heavy atom. The smallest absolute Gasteiger partial charge is 0.322 e. The van der Waals surface area contributed by atoms with E-state index >= 15 is 0 Å². The molecule has 0 radical (unpaired) electrons. The van der Waals surface area contributed by atoms with Gasteiger partial charge in [-0.15, -0.1) is 0 Å². The summed E-state index contributed by atoms with van der Waals surface area (Å²) in [4.78, 5) is 24.7. The normalized spacial score (nSPS) is 12.0. The molecule has 0 aliphatic heterocycles. The molecular weight excluding hydrogens is 220 g/mol. The topological polar surface area (TPSA) is 58.6 Å². The highest BCUT2D eigenvalue weighted by Gasteiger charge is 2.14. The van der Waals surface area contributed by atoms with Crippen molar-refractivity contribution in [2.75, 3.05) is 26.2 Å². The van der Waals surface area contributed by atoms with Gasteiger partial charge >= 0.3 is 5.97 Å². The quantitative estimate of drug-likeness (QED) is 0.641. The number of hydrogen-bond donors (Lipinski definition) is 1. The third-order valence-electron chi connectivity index (χ3n) is 2.55. The van der Waals surface area contributed by atoms with Crippen molar-refractivity contribution in [1.82, 2.24) is 10.2 Å². The Morgan fingerprint density at radius 2 is 1.82 bits per heavy atom. The Hall–Kier alpha value is -1.10. The van der Waals surface area contributed by atoms with E-state index in [2.05, 4.69) is 5.32 Å². The van der Waals surface area contributed by atoms with Gasteiger partial charge in [-0.1, -0.05) is 0 Å². The highest BCUT2D eigenvalue weighted by Crippen LogP contribution is 1.94. The Labute approximate surface area is 103 Å². The molecule has 0 heterocycles. The predicted molar refractivity (Wildman–Crippen MR) is 66.6 cm³/mol. The van der Waals surface area contributed by atoms with Gasteiger partial charge in [0.15, 0.2) is 0 Å². The molecule has 1 amide bonds. The summed E-state index contributed by atoms with van der Waals surface area (Å²) >= 11 is 0. The number of esters is 1. The molecule has 0 spiro atoms. The first-order chi connectivity index (χ1) is 8.06. The molecule has 0 fully saturated rings. The fourth-order valence-electron chi connectivity index (χ4n) is 1.48. The summed E-state index contributed by atoms with van der Waals surface area (Å²) in [6.45, 7) is 9.74. The Balaban J connectivity index is 3.83. The molecule has 1 N–H and O–H groups in total. The molecule has 0 aliphatic rings. The van der Waals surface area contributed by atoms with E-state index < -0.39 is 0 Å². The third-order valence-corrected chi connectivity index (χ3v) is 2.55. The summed E-state index contributed by atoms with van der Waals surface area (Å²) in [5.41, 5.74) is 0. The lowest BCUT2D eigenvalue weighted by atomic mass is 10.3. The molecule has 0 aromatic carbocycles. The monoisotopic (exact) mass is 244 g/mol. The van der Waals surface area contributed by atoms with E-state index in [9.17, 15) is 9.59 Å². The van der Waals surface area contributed by atoms with Crippen LogP contribution in [0.15, 0.2) is 0 Å². The van der Waals surface area contributed by atoms with E-state index in [1.807, 2.05) is 13.8 Å². The molecule has 1 atom stereocenters. The summed E-state index contributed by atoms with van der Waals surface area (Å²) in [5.74, 6) is -0.165. The molecule has 0 rings (SSSR count). The minimum atomic E-state index is -0.362. The van der Waals surface area contributed by atoms with Crippen molar-refractivity contribution in [3.63, 3.8) is 0 Å². The number of carbonyl (C=O) groups excluding carboxylic acids is 2. The summed E-state index contributed by atoms with van der Waals surface area (Å²) in [6.07, 6.45) is 0.408. The van der Waals surface area contributed by atoms with E-state index in [1.165, 1.54) is 0 Å². The van der Waals surface area contributed by atoms with E-state index in [1.54, 1.807) is 18.7 Å². The molecular formula is C12H24N2O3. The van der Waals surface area contributed by atoms with Crippen LogP contribution < -0.4 is 5.32 Å². The van der Waals surface area contributed by atoms with Crippen LogP contribution in [-0.4, -0.2) is 49.1 Å². The fraction of sp³-hybridized carbons (Fsp3) is 0.833. The van der Waals surface area contributed by atoms with Gasteiger partial charge in [-0.25, -0.2) is 0 Å². The van der Waals surface area contributed by atoms with Gasteiger partial charge in [-0.3, -0.25) is 9.59 Å². The minimum absolute atomic E-state index is 0.110. The van der Waals surface area contributed by atoms with Gasteiger partial charge in [0, 0.05) is 26.1 Å². The van der Waals surface area contributed by atoms with Gasteiger partial charge in [-0.05, 0) is 27.7 Å². The van der Waals surface area contributed by atoms with Crippen molar-refractivity contribution in [2.45, 2.75) is 40.2 Å². The van der Waals surface area contributed by atoms with Crippen molar-refractivity contribution >= 4 is 11.9 Å². The van der Waals surface area contributed by atoms with Crippen molar-refractivity contribution in [3.05, 3.63) is 0 Å². The van der Waals surface area contributed by atoms with E-state index in [0.717, 1.165) is 13.1 Å². The Morgan fingerprint density at radius 1 is 1.24 bits per heavy atom. The number of ether oxygens (including phenoxy) is 1. The predicted octanol–water partition coefficient (Wildman–Crippen LogP) is 0.786. The molecule has 0 bridgehead atoms. The fourth-order valence-corrected chi connectivity index (χ4v) is 1.48. The number of carbonyl (C=O) groups is 2. The molecule has 0 saturated carbocycles. The van der Waals surface area contributed by atoms with Crippen LogP contribution in [0.2, 0.25) is 0 Å². The van der Waals surface area contributed by atoms with E-state index in [0.29, 0.717) is 19.6 Å². The Bertz CT molecular complexity index is 240. The van der Waals surface area contributed by atoms with Crippen molar-refractivity contribution in [1.29, 1.82) is 0 Å². The van der Waals surface area contributed by atoms with Crippen molar-refractivity contribution in [2.24, 2.45) is 0 Å². The lowest BCUT2D eigenvalue weighted by Crippen LogP contribution is -2.38. The van der Waals surface area contributed by atoms with Gasteiger partial charge in [0.2, 0.25) is 5.91 Å². The lowest BCUT2D eigenvalue weighted by Gasteiger charge is -2.19. The van der Waals surface area contributed by atoms with Crippen LogP contribution in [0, 0.1) is 0 Å². The van der Waals surface area contributed by atoms with Crippen LogP contribution in [0.1, 0.15) is 34.1 Å². The molecule has 17 heavy (non-hydrogen) atoms. The number of rotatable bonds is 8. The second-order valence-electron chi connectivity index (χ2n) is 3.74. The maximum atomic E-state index is 11.7. The number of nitrogens with one attached hydrogen (secondary N) is 1. The number of amides is 1. The van der Waals surface area contributed by atoms with Crippen molar-refractivity contribution in [3.8, 4) is 0 Å². The van der Waals surface area contributed by atoms with Crippen LogP contribution in [0.25, 0.3) is 0 Å². The average molecular weight is 244 g/mol. The van der Waals surface area contributed by atoms with Crippen LogP contribution in [0.5, 0.6) is 0 Å². The first kappa shape index (κ1) is 15.9. The molecule has 0 aliphatic carbocycles. The summed E-state index contributed by atoms with van der Waals surface area (Å²) in [7, 11) is 0.